The average molecular weight is 389 g/mol. The van der Waals surface area contributed by atoms with Gasteiger partial charge in [0.2, 0.25) is 5.91 Å². The van der Waals surface area contributed by atoms with E-state index in [-0.39, 0.29) is 16.9 Å². The van der Waals surface area contributed by atoms with Crippen molar-refractivity contribution < 1.29 is 9.59 Å². The van der Waals surface area contributed by atoms with Crippen molar-refractivity contribution in [2.24, 2.45) is 5.92 Å². The fourth-order valence-corrected chi connectivity index (χ4v) is 3.55. The molecule has 0 radical (unpaired) electrons. The Hall–Kier alpha value is -0.560. The molecule has 19 heavy (non-hydrogen) atoms. The Morgan fingerprint density at radius 3 is 2.95 bits per heavy atom. The lowest BCUT2D eigenvalue weighted by molar-refractivity contribution is -0.117. The van der Waals surface area contributed by atoms with E-state index in [2.05, 4.69) is 35.6 Å². The molecule has 1 fully saturated rings. The maximum atomic E-state index is 12.1. The van der Waals surface area contributed by atoms with Gasteiger partial charge in [0.25, 0.3) is 0 Å². The van der Waals surface area contributed by atoms with Gasteiger partial charge >= 0.3 is 0 Å². The molecule has 1 aromatic rings. The lowest BCUT2D eigenvalue weighted by Crippen LogP contribution is -2.25. The smallest absolute Gasteiger partial charge is 0.227 e. The molecule has 3 nitrogen and oxygen atoms in total. The molecule has 1 unspecified atom stereocenters. The van der Waals surface area contributed by atoms with Gasteiger partial charge in [0.15, 0.2) is 5.12 Å². The molecule has 2 rings (SSSR count). The predicted molar refractivity (Wildman–Crippen MR) is 87.5 cm³/mol. The zero-order valence-corrected chi connectivity index (χ0v) is 14.0. The number of amides is 1. The number of hydrogen-bond acceptors (Lipinski definition) is 3. The van der Waals surface area contributed by atoms with Gasteiger partial charge in [-0.05, 0) is 47.1 Å². The number of carbonyl (C=O) groups is 2. The number of anilines is 1. The highest BCUT2D eigenvalue weighted by Crippen LogP contribution is 2.31. The normalized spacial score (nSPS) is 19.0. The van der Waals surface area contributed by atoms with Gasteiger partial charge in [-0.3, -0.25) is 9.59 Å². The van der Waals surface area contributed by atoms with E-state index in [9.17, 15) is 9.59 Å². The number of thioether (sulfide) groups is 1. The quantitative estimate of drug-likeness (QED) is 0.745. The molecule has 1 aliphatic heterocycles. The maximum absolute atomic E-state index is 12.1. The van der Waals surface area contributed by atoms with Crippen molar-refractivity contribution in [2.75, 3.05) is 17.2 Å². The number of hydrogen-bond donors (Lipinski definition) is 0. The lowest BCUT2D eigenvalue weighted by atomic mass is 10.1. The average Bonchev–Trinajstić information content (AvgIpc) is 2.71. The van der Waals surface area contributed by atoms with Gasteiger partial charge < -0.3 is 4.90 Å². The summed E-state index contributed by atoms with van der Waals surface area (Å²) < 4.78 is 1.13. The molecular weight excluding hydrogens is 373 g/mol. The largest absolute Gasteiger partial charge is 0.311 e. The van der Waals surface area contributed by atoms with Gasteiger partial charge in [-0.25, -0.2) is 0 Å². The highest BCUT2D eigenvalue weighted by atomic mass is 127. The van der Waals surface area contributed by atoms with Crippen LogP contribution < -0.4 is 4.90 Å². The molecule has 5 heteroatoms. The SMILES string of the molecule is CC(=O)SCC1CC(=O)N(c2cccc(C)c2I)C1. The molecule has 0 spiro atoms. The van der Waals surface area contributed by atoms with Crippen LogP contribution in [0.3, 0.4) is 0 Å². The third kappa shape index (κ3) is 3.51. The predicted octanol–water partition coefficient (Wildman–Crippen LogP) is 3.23. The van der Waals surface area contributed by atoms with E-state index in [0.29, 0.717) is 6.42 Å². The first-order valence-electron chi connectivity index (χ1n) is 6.18. The molecule has 0 aromatic heterocycles. The molecule has 1 aliphatic rings. The number of aryl methyl sites for hydroxylation is 1. The molecule has 102 valence electrons. The number of halogens is 1. The first kappa shape index (κ1) is 14.8. The van der Waals surface area contributed by atoms with Crippen LogP contribution in [-0.2, 0) is 9.59 Å². The molecule has 1 atom stereocenters. The molecule has 1 heterocycles. The second-order valence-electron chi connectivity index (χ2n) is 4.79. The Morgan fingerprint density at radius 2 is 2.26 bits per heavy atom. The molecule has 1 aromatic carbocycles. The standard InChI is InChI=1S/C14H16INO2S/c1-9-4-3-5-12(14(9)15)16-7-11(6-13(16)18)8-19-10(2)17/h3-5,11H,6-8H2,1-2H3. The lowest BCUT2D eigenvalue weighted by Gasteiger charge is -2.19. The van der Waals surface area contributed by atoms with Crippen molar-refractivity contribution in [2.45, 2.75) is 20.3 Å². The molecule has 0 saturated carbocycles. The van der Waals surface area contributed by atoms with E-state index < -0.39 is 0 Å². The summed E-state index contributed by atoms with van der Waals surface area (Å²) in [5, 5.41) is 0.121. The van der Waals surface area contributed by atoms with E-state index in [1.807, 2.05) is 17.0 Å². The maximum Gasteiger partial charge on any atom is 0.227 e. The Balaban J connectivity index is 2.11. The summed E-state index contributed by atoms with van der Waals surface area (Å²) in [4.78, 5) is 25.0. The van der Waals surface area contributed by atoms with Gasteiger partial charge in [0.05, 0.1) is 5.69 Å². The molecule has 0 bridgehead atoms. The summed E-state index contributed by atoms with van der Waals surface area (Å²) in [6.07, 6.45) is 0.546. The van der Waals surface area contributed by atoms with Crippen LogP contribution in [0.1, 0.15) is 18.9 Å². The van der Waals surface area contributed by atoms with Crippen molar-refractivity contribution in [1.29, 1.82) is 0 Å². The van der Waals surface area contributed by atoms with E-state index in [1.54, 1.807) is 6.92 Å². The fourth-order valence-electron chi connectivity index (χ4n) is 2.20. The van der Waals surface area contributed by atoms with Crippen molar-refractivity contribution in [3.8, 4) is 0 Å². The van der Waals surface area contributed by atoms with Gasteiger partial charge in [0.1, 0.15) is 0 Å². The van der Waals surface area contributed by atoms with E-state index >= 15 is 0 Å². The van der Waals surface area contributed by atoms with Gasteiger partial charge in [-0.2, -0.15) is 0 Å². The minimum Gasteiger partial charge on any atom is -0.311 e. The number of nitrogens with zero attached hydrogens (tertiary/aromatic N) is 1. The third-order valence-corrected chi connectivity index (χ3v) is 5.64. The van der Waals surface area contributed by atoms with E-state index in [1.165, 1.54) is 17.3 Å². The van der Waals surface area contributed by atoms with Crippen LogP contribution in [-0.4, -0.2) is 23.3 Å². The van der Waals surface area contributed by atoms with Crippen LogP contribution in [0.5, 0.6) is 0 Å². The summed E-state index contributed by atoms with van der Waals surface area (Å²) in [5.74, 6) is 1.18. The monoisotopic (exact) mass is 389 g/mol. The van der Waals surface area contributed by atoms with E-state index in [4.69, 9.17) is 0 Å². The summed E-state index contributed by atoms with van der Waals surface area (Å²) in [5.41, 5.74) is 2.19. The highest BCUT2D eigenvalue weighted by Gasteiger charge is 2.31. The minimum absolute atomic E-state index is 0.121. The van der Waals surface area contributed by atoms with Crippen molar-refractivity contribution in [1.82, 2.24) is 0 Å². The van der Waals surface area contributed by atoms with Crippen LogP contribution in [0, 0.1) is 16.4 Å². The van der Waals surface area contributed by atoms with Crippen LogP contribution in [0.25, 0.3) is 0 Å². The molecule has 0 N–H and O–H groups in total. The second kappa shape index (κ2) is 6.26. The van der Waals surface area contributed by atoms with Crippen LogP contribution in [0.2, 0.25) is 0 Å². The summed E-state index contributed by atoms with van der Waals surface area (Å²) in [7, 11) is 0. The van der Waals surface area contributed by atoms with Crippen molar-refractivity contribution in [3.05, 3.63) is 27.3 Å². The molecule has 1 amide bonds. The summed E-state index contributed by atoms with van der Waals surface area (Å²) in [6, 6.07) is 6.03. The van der Waals surface area contributed by atoms with Crippen molar-refractivity contribution in [3.63, 3.8) is 0 Å². The highest BCUT2D eigenvalue weighted by molar-refractivity contribution is 14.1. The Bertz CT molecular complexity index is 518. The molecule has 0 aliphatic carbocycles. The minimum atomic E-state index is 0.121. The van der Waals surface area contributed by atoms with Gasteiger partial charge in [0, 0.05) is 29.2 Å². The topological polar surface area (TPSA) is 37.4 Å². The van der Waals surface area contributed by atoms with E-state index in [0.717, 1.165) is 21.6 Å². The summed E-state index contributed by atoms with van der Waals surface area (Å²) >= 11 is 3.61. The Labute approximate surface area is 131 Å². The fraction of sp³-hybridized carbons (Fsp3) is 0.429. The Morgan fingerprint density at radius 1 is 1.53 bits per heavy atom. The van der Waals surface area contributed by atoms with Gasteiger partial charge in [-0.1, -0.05) is 23.9 Å². The Kier molecular flexibility index (Phi) is 4.89. The first-order valence-corrected chi connectivity index (χ1v) is 8.24. The molecular formula is C14H16INO2S. The second-order valence-corrected chi connectivity index (χ2v) is 7.06. The molecule has 1 saturated heterocycles. The summed E-state index contributed by atoms with van der Waals surface area (Å²) in [6.45, 7) is 4.34. The zero-order valence-electron chi connectivity index (χ0n) is 11.0. The van der Waals surface area contributed by atoms with Crippen LogP contribution >= 0.6 is 34.4 Å². The van der Waals surface area contributed by atoms with Gasteiger partial charge in [-0.15, -0.1) is 0 Å². The van der Waals surface area contributed by atoms with Crippen molar-refractivity contribution >= 4 is 51.1 Å². The number of rotatable bonds is 3. The zero-order chi connectivity index (χ0) is 14.0. The number of benzene rings is 1. The third-order valence-electron chi connectivity index (χ3n) is 3.19. The number of carbonyl (C=O) groups excluding carboxylic acids is 2. The van der Waals surface area contributed by atoms with Crippen LogP contribution in [0.4, 0.5) is 5.69 Å². The van der Waals surface area contributed by atoms with Crippen LogP contribution in [0.15, 0.2) is 18.2 Å². The first-order chi connectivity index (χ1) is 8.99.